The Hall–Kier alpha value is -1.59. The Bertz CT molecular complexity index is 583. The van der Waals surface area contributed by atoms with E-state index >= 15 is 0 Å². The second-order valence-corrected chi connectivity index (χ2v) is 4.16. The summed E-state index contributed by atoms with van der Waals surface area (Å²) in [5.41, 5.74) is 2.18. The van der Waals surface area contributed by atoms with E-state index in [-0.39, 0.29) is 11.8 Å². The summed E-state index contributed by atoms with van der Waals surface area (Å²) in [6.07, 6.45) is -0.520. The van der Waals surface area contributed by atoms with Gasteiger partial charge in [-0.1, -0.05) is 6.07 Å². The third-order valence-electron chi connectivity index (χ3n) is 2.97. The van der Waals surface area contributed by atoms with Crippen LogP contribution in [0.2, 0.25) is 0 Å². The molecule has 2 rings (SSSR count). The number of rotatable bonds is 3. The molecule has 2 atom stereocenters. The SMILES string of the molecule is CNC(c1ccc2c(c1)oc(=O)n2C)C(C)O. The lowest BCUT2D eigenvalue weighted by Crippen LogP contribution is -2.26. The van der Waals surface area contributed by atoms with Crippen LogP contribution in [0.4, 0.5) is 0 Å². The minimum Gasteiger partial charge on any atom is -0.408 e. The zero-order chi connectivity index (χ0) is 12.6. The molecule has 0 radical (unpaired) electrons. The van der Waals surface area contributed by atoms with Crippen molar-refractivity contribution in [2.24, 2.45) is 7.05 Å². The average Bonchev–Trinajstić information content (AvgIpc) is 2.55. The van der Waals surface area contributed by atoms with Gasteiger partial charge in [0.15, 0.2) is 5.58 Å². The fourth-order valence-corrected chi connectivity index (χ4v) is 2.03. The number of oxazole rings is 1. The second kappa shape index (κ2) is 4.35. The monoisotopic (exact) mass is 236 g/mol. The molecule has 1 heterocycles. The highest BCUT2D eigenvalue weighted by Crippen LogP contribution is 2.21. The summed E-state index contributed by atoms with van der Waals surface area (Å²) in [6, 6.07) is 5.31. The van der Waals surface area contributed by atoms with Crippen LogP contribution in [0.3, 0.4) is 0 Å². The first-order chi connectivity index (χ1) is 8.04. The number of nitrogens with zero attached hydrogens (tertiary/aromatic N) is 1. The van der Waals surface area contributed by atoms with Crippen molar-refractivity contribution in [2.75, 3.05) is 7.05 Å². The highest BCUT2D eigenvalue weighted by Gasteiger charge is 2.16. The van der Waals surface area contributed by atoms with Crippen molar-refractivity contribution in [3.05, 3.63) is 34.3 Å². The van der Waals surface area contributed by atoms with Gasteiger partial charge in [0.1, 0.15) is 0 Å². The van der Waals surface area contributed by atoms with E-state index in [2.05, 4.69) is 5.32 Å². The van der Waals surface area contributed by atoms with Crippen LogP contribution in [0.15, 0.2) is 27.4 Å². The minimum absolute atomic E-state index is 0.176. The second-order valence-electron chi connectivity index (χ2n) is 4.16. The van der Waals surface area contributed by atoms with E-state index in [1.807, 2.05) is 12.1 Å². The molecule has 1 aromatic carbocycles. The van der Waals surface area contributed by atoms with Crippen molar-refractivity contribution in [2.45, 2.75) is 19.1 Å². The molecule has 0 fully saturated rings. The van der Waals surface area contributed by atoms with E-state index in [9.17, 15) is 9.90 Å². The van der Waals surface area contributed by atoms with Gasteiger partial charge in [0.05, 0.1) is 17.7 Å². The van der Waals surface area contributed by atoms with Crippen molar-refractivity contribution in [3.63, 3.8) is 0 Å². The maximum absolute atomic E-state index is 11.4. The van der Waals surface area contributed by atoms with Gasteiger partial charge < -0.3 is 14.8 Å². The van der Waals surface area contributed by atoms with Crippen molar-refractivity contribution in [1.29, 1.82) is 0 Å². The lowest BCUT2D eigenvalue weighted by atomic mass is 10.0. The fourth-order valence-electron chi connectivity index (χ4n) is 2.03. The molecule has 2 aromatic rings. The van der Waals surface area contributed by atoms with Crippen LogP contribution in [0.5, 0.6) is 0 Å². The topological polar surface area (TPSA) is 67.4 Å². The smallest absolute Gasteiger partial charge is 0.408 e. The van der Waals surface area contributed by atoms with Gasteiger partial charge in [-0.3, -0.25) is 4.57 Å². The first kappa shape index (κ1) is 11.9. The first-order valence-corrected chi connectivity index (χ1v) is 5.49. The molecule has 5 nitrogen and oxygen atoms in total. The standard InChI is InChI=1S/C12H16N2O3/c1-7(15)11(13-2)8-4-5-9-10(6-8)17-12(16)14(9)3/h4-7,11,13,15H,1-3H3. The molecule has 0 aliphatic carbocycles. The maximum Gasteiger partial charge on any atom is 0.419 e. The van der Waals surface area contributed by atoms with Crippen LogP contribution in [-0.2, 0) is 7.05 Å². The summed E-state index contributed by atoms with van der Waals surface area (Å²) in [5, 5.41) is 12.7. The van der Waals surface area contributed by atoms with Crippen LogP contribution < -0.4 is 11.1 Å². The van der Waals surface area contributed by atoms with Crippen molar-refractivity contribution >= 4 is 11.1 Å². The van der Waals surface area contributed by atoms with Gasteiger partial charge in [0.25, 0.3) is 0 Å². The Labute approximate surface area is 98.7 Å². The number of likely N-dealkylation sites (N-methyl/N-ethyl adjacent to an activating group) is 1. The third-order valence-corrected chi connectivity index (χ3v) is 2.97. The average molecular weight is 236 g/mol. The van der Waals surface area contributed by atoms with Crippen molar-refractivity contribution < 1.29 is 9.52 Å². The number of aromatic nitrogens is 1. The van der Waals surface area contributed by atoms with Gasteiger partial charge in [0.2, 0.25) is 0 Å². The Kier molecular flexibility index (Phi) is 3.04. The number of hydrogen-bond donors (Lipinski definition) is 2. The van der Waals surface area contributed by atoms with E-state index < -0.39 is 6.10 Å². The van der Waals surface area contributed by atoms with E-state index in [4.69, 9.17) is 4.42 Å². The predicted molar refractivity (Wildman–Crippen MR) is 64.9 cm³/mol. The normalized spacial score (nSPS) is 15.1. The molecule has 0 aliphatic rings. The highest BCUT2D eigenvalue weighted by atomic mass is 16.4. The van der Waals surface area contributed by atoms with Gasteiger partial charge in [-0.25, -0.2) is 4.79 Å². The van der Waals surface area contributed by atoms with Gasteiger partial charge in [0, 0.05) is 7.05 Å². The molecule has 0 aliphatic heterocycles. The van der Waals surface area contributed by atoms with E-state index in [0.29, 0.717) is 5.58 Å². The molecule has 1 aromatic heterocycles. The highest BCUT2D eigenvalue weighted by molar-refractivity contribution is 5.73. The number of aliphatic hydroxyl groups excluding tert-OH is 1. The third kappa shape index (κ3) is 1.99. The van der Waals surface area contributed by atoms with Crippen LogP contribution in [0, 0.1) is 0 Å². The lowest BCUT2D eigenvalue weighted by molar-refractivity contribution is 0.150. The molecular weight excluding hydrogens is 220 g/mol. The molecule has 0 bridgehead atoms. The van der Waals surface area contributed by atoms with Crippen LogP contribution in [-0.4, -0.2) is 22.8 Å². The molecule has 92 valence electrons. The number of hydrogen-bond acceptors (Lipinski definition) is 4. The quantitative estimate of drug-likeness (QED) is 0.826. The maximum atomic E-state index is 11.4. The zero-order valence-corrected chi connectivity index (χ0v) is 10.1. The van der Waals surface area contributed by atoms with Gasteiger partial charge in [-0.05, 0) is 31.7 Å². The fraction of sp³-hybridized carbons (Fsp3) is 0.417. The molecule has 5 heteroatoms. The van der Waals surface area contributed by atoms with Gasteiger partial charge in [-0.15, -0.1) is 0 Å². The van der Waals surface area contributed by atoms with Gasteiger partial charge >= 0.3 is 5.76 Å². The van der Waals surface area contributed by atoms with E-state index in [0.717, 1.165) is 11.1 Å². The summed E-state index contributed by atoms with van der Waals surface area (Å²) in [4.78, 5) is 11.4. The van der Waals surface area contributed by atoms with Crippen molar-refractivity contribution in [3.8, 4) is 0 Å². The molecule has 17 heavy (non-hydrogen) atoms. The number of nitrogens with one attached hydrogen (secondary N) is 1. The molecule has 0 saturated carbocycles. The molecule has 2 unspecified atom stereocenters. The Morgan fingerprint density at radius 2 is 2.18 bits per heavy atom. The molecule has 2 N–H and O–H groups in total. The Morgan fingerprint density at radius 3 is 2.76 bits per heavy atom. The van der Waals surface area contributed by atoms with E-state index in [1.165, 1.54) is 4.57 Å². The predicted octanol–water partition coefficient (Wildman–Crippen LogP) is 0.773. The number of aliphatic hydroxyl groups is 1. The summed E-state index contributed by atoms with van der Waals surface area (Å²) >= 11 is 0. The summed E-state index contributed by atoms with van der Waals surface area (Å²) in [5.74, 6) is -0.379. The molecular formula is C12H16N2O3. The van der Waals surface area contributed by atoms with Crippen LogP contribution in [0.25, 0.3) is 11.1 Å². The van der Waals surface area contributed by atoms with Crippen LogP contribution in [0.1, 0.15) is 18.5 Å². The van der Waals surface area contributed by atoms with Crippen LogP contribution >= 0.6 is 0 Å². The zero-order valence-electron chi connectivity index (χ0n) is 10.1. The summed E-state index contributed by atoms with van der Waals surface area (Å²) in [7, 11) is 3.45. The molecule has 0 spiro atoms. The number of fused-ring (bicyclic) bond motifs is 1. The molecule has 0 saturated heterocycles. The minimum atomic E-state index is -0.520. The molecule has 0 amide bonds. The summed E-state index contributed by atoms with van der Waals surface area (Å²) in [6.45, 7) is 1.71. The Morgan fingerprint density at radius 1 is 1.47 bits per heavy atom. The summed E-state index contributed by atoms with van der Waals surface area (Å²) < 4.78 is 6.57. The van der Waals surface area contributed by atoms with E-state index in [1.54, 1.807) is 27.1 Å². The lowest BCUT2D eigenvalue weighted by Gasteiger charge is -2.19. The number of aryl methyl sites for hydroxylation is 1. The Balaban J connectivity index is 2.54. The number of benzene rings is 1. The van der Waals surface area contributed by atoms with Gasteiger partial charge in [-0.2, -0.15) is 0 Å². The van der Waals surface area contributed by atoms with Crippen molar-refractivity contribution in [1.82, 2.24) is 9.88 Å². The first-order valence-electron chi connectivity index (χ1n) is 5.49. The largest absolute Gasteiger partial charge is 0.419 e.